The molecule has 1 aromatic carbocycles. The van der Waals surface area contributed by atoms with Crippen LogP contribution in [0.25, 0.3) is 0 Å². The van der Waals surface area contributed by atoms with Gasteiger partial charge in [-0.05, 0) is 44.5 Å². The van der Waals surface area contributed by atoms with Crippen LogP contribution in [0.3, 0.4) is 0 Å². The molecule has 0 radical (unpaired) electrons. The highest BCUT2D eigenvalue weighted by Crippen LogP contribution is 2.28. The number of nitriles is 1. The van der Waals surface area contributed by atoms with Gasteiger partial charge < -0.3 is 9.64 Å². The zero-order valence-corrected chi connectivity index (χ0v) is 12.3. The van der Waals surface area contributed by atoms with Crippen LogP contribution in [0.1, 0.15) is 22.3 Å². The summed E-state index contributed by atoms with van der Waals surface area (Å²) in [5.41, 5.74) is 5.06. The molecule has 1 saturated heterocycles. The molecule has 1 aliphatic heterocycles. The quantitative estimate of drug-likeness (QED) is 0.833. The number of hydrogen-bond acceptors (Lipinski definition) is 3. The Balaban J connectivity index is 2.07. The van der Waals surface area contributed by atoms with Gasteiger partial charge in [-0.3, -0.25) is 0 Å². The van der Waals surface area contributed by atoms with Crippen LogP contribution in [0.2, 0.25) is 0 Å². The van der Waals surface area contributed by atoms with Gasteiger partial charge in [-0.1, -0.05) is 17.7 Å². The summed E-state index contributed by atoms with van der Waals surface area (Å²) in [7, 11) is 2.08. The maximum Gasteiger partial charge on any atom is 0.116 e. The van der Waals surface area contributed by atoms with Crippen molar-refractivity contribution in [1.29, 1.82) is 5.26 Å². The SMILES string of the molecule is Cc1cc(C)c(CN(C)CC2(C#N)COC2)c(C)c1. The maximum atomic E-state index is 9.24. The standard InChI is InChI=1S/C16H22N2O/c1-12-5-13(2)15(14(3)6-12)7-18(4)9-16(8-17)10-19-11-16/h5-6H,7,9-11H2,1-4H3. The average Bonchev–Trinajstić information content (AvgIpc) is 2.28. The predicted molar refractivity (Wildman–Crippen MR) is 75.9 cm³/mol. The first-order valence-corrected chi connectivity index (χ1v) is 6.70. The normalized spacial score (nSPS) is 17.1. The summed E-state index contributed by atoms with van der Waals surface area (Å²) < 4.78 is 5.19. The molecule has 1 aromatic rings. The van der Waals surface area contributed by atoms with Gasteiger partial charge >= 0.3 is 0 Å². The minimum absolute atomic E-state index is 0.290. The van der Waals surface area contributed by atoms with Crippen molar-refractivity contribution in [3.63, 3.8) is 0 Å². The fourth-order valence-electron chi connectivity index (χ4n) is 2.84. The summed E-state index contributed by atoms with van der Waals surface area (Å²) >= 11 is 0. The molecule has 0 aromatic heterocycles. The lowest BCUT2D eigenvalue weighted by Gasteiger charge is -2.38. The summed E-state index contributed by atoms with van der Waals surface area (Å²) in [4.78, 5) is 2.23. The van der Waals surface area contributed by atoms with Crippen LogP contribution in [0.5, 0.6) is 0 Å². The summed E-state index contributed by atoms with van der Waals surface area (Å²) in [6.45, 7) is 9.26. The Labute approximate surface area is 115 Å². The Morgan fingerprint density at radius 3 is 2.26 bits per heavy atom. The minimum atomic E-state index is -0.290. The van der Waals surface area contributed by atoms with Crippen molar-refractivity contribution in [2.75, 3.05) is 26.8 Å². The molecule has 0 spiro atoms. The first kappa shape index (κ1) is 14.0. The number of rotatable bonds is 4. The highest BCUT2D eigenvalue weighted by molar-refractivity contribution is 5.37. The largest absolute Gasteiger partial charge is 0.378 e. The Bertz CT molecular complexity index is 489. The van der Waals surface area contributed by atoms with Crippen molar-refractivity contribution < 1.29 is 4.74 Å². The number of nitrogens with zero attached hydrogens (tertiary/aromatic N) is 2. The van der Waals surface area contributed by atoms with Crippen molar-refractivity contribution >= 4 is 0 Å². The fourth-order valence-corrected chi connectivity index (χ4v) is 2.84. The first-order valence-electron chi connectivity index (χ1n) is 6.70. The van der Waals surface area contributed by atoms with E-state index in [1.54, 1.807) is 0 Å². The van der Waals surface area contributed by atoms with Gasteiger partial charge in [0.25, 0.3) is 0 Å². The van der Waals surface area contributed by atoms with Crippen LogP contribution in [0, 0.1) is 37.5 Å². The number of hydrogen-bond donors (Lipinski definition) is 0. The molecule has 2 rings (SSSR count). The van der Waals surface area contributed by atoms with Gasteiger partial charge in [-0.25, -0.2) is 0 Å². The Morgan fingerprint density at radius 2 is 1.84 bits per heavy atom. The third-order valence-electron chi connectivity index (χ3n) is 3.83. The molecule has 102 valence electrons. The van der Waals surface area contributed by atoms with Crippen molar-refractivity contribution in [3.8, 4) is 6.07 Å². The molecule has 0 aliphatic carbocycles. The lowest BCUT2D eigenvalue weighted by molar-refractivity contribution is -0.0895. The van der Waals surface area contributed by atoms with Gasteiger partial charge in [-0.2, -0.15) is 5.26 Å². The maximum absolute atomic E-state index is 9.24. The zero-order chi connectivity index (χ0) is 14.0. The van der Waals surface area contributed by atoms with Gasteiger partial charge in [0.05, 0.1) is 19.3 Å². The second-order valence-electron chi connectivity index (χ2n) is 5.93. The predicted octanol–water partition coefficient (Wildman–Crippen LogP) is 2.58. The zero-order valence-electron chi connectivity index (χ0n) is 12.3. The average molecular weight is 258 g/mol. The molecule has 3 heteroatoms. The van der Waals surface area contributed by atoms with Crippen molar-refractivity contribution in [2.24, 2.45) is 5.41 Å². The van der Waals surface area contributed by atoms with Gasteiger partial charge in [0.15, 0.2) is 0 Å². The Hall–Kier alpha value is -1.37. The van der Waals surface area contributed by atoms with Gasteiger partial charge in [0, 0.05) is 13.1 Å². The van der Waals surface area contributed by atoms with Crippen LogP contribution >= 0.6 is 0 Å². The lowest BCUT2D eigenvalue weighted by atomic mass is 9.87. The molecule has 19 heavy (non-hydrogen) atoms. The summed E-state index contributed by atoms with van der Waals surface area (Å²) in [6, 6.07) is 6.85. The second-order valence-corrected chi connectivity index (χ2v) is 5.93. The molecule has 0 unspecified atom stereocenters. The highest BCUT2D eigenvalue weighted by atomic mass is 16.5. The van der Waals surface area contributed by atoms with Crippen LogP contribution in [-0.2, 0) is 11.3 Å². The van der Waals surface area contributed by atoms with Crippen LogP contribution in [-0.4, -0.2) is 31.7 Å². The topological polar surface area (TPSA) is 36.3 Å². The second kappa shape index (κ2) is 5.32. The molecule has 3 nitrogen and oxygen atoms in total. The molecule has 1 aliphatic rings. The highest BCUT2D eigenvalue weighted by Gasteiger charge is 2.39. The van der Waals surface area contributed by atoms with Crippen LogP contribution in [0.15, 0.2) is 12.1 Å². The van der Waals surface area contributed by atoms with Gasteiger partial charge in [0.2, 0.25) is 0 Å². The minimum Gasteiger partial charge on any atom is -0.378 e. The summed E-state index contributed by atoms with van der Waals surface area (Å²) in [5, 5.41) is 9.24. The van der Waals surface area contributed by atoms with Gasteiger partial charge in [0.1, 0.15) is 5.41 Å². The molecule has 1 fully saturated rings. The van der Waals surface area contributed by atoms with E-state index in [4.69, 9.17) is 4.74 Å². The third-order valence-corrected chi connectivity index (χ3v) is 3.83. The van der Waals surface area contributed by atoms with Crippen LogP contribution < -0.4 is 0 Å². The molecule has 0 saturated carbocycles. The first-order chi connectivity index (χ1) is 8.96. The van der Waals surface area contributed by atoms with E-state index in [1.165, 1.54) is 22.3 Å². The Kier molecular flexibility index (Phi) is 3.93. The lowest BCUT2D eigenvalue weighted by Crippen LogP contribution is -2.48. The number of aryl methyl sites for hydroxylation is 3. The van der Waals surface area contributed by atoms with E-state index in [0.717, 1.165) is 13.1 Å². The van der Waals surface area contributed by atoms with E-state index >= 15 is 0 Å². The number of benzene rings is 1. The molecular weight excluding hydrogens is 236 g/mol. The molecule has 1 heterocycles. The Morgan fingerprint density at radius 1 is 1.26 bits per heavy atom. The molecule has 0 bridgehead atoms. The molecule has 0 N–H and O–H groups in total. The number of ether oxygens (including phenoxy) is 1. The fraction of sp³-hybridized carbons (Fsp3) is 0.562. The van der Waals surface area contributed by atoms with E-state index in [9.17, 15) is 5.26 Å². The van der Waals surface area contributed by atoms with Crippen molar-refractivity contribution in [1.82, 2.24) is 4.90 Å². The van der Waals surface area contributed by atoms with E-state index < -0.39 is 0 Å². The van der Waals surface area contributed by atoms with E-state index in [0.29, 0.717) is 13.2 Å². The molecule has 0 atom stereocenters. The van der Waals surface area contributed by atoms with E-state index in [-0.39, 0.29) is 5.41 Å². The molecular formula is C16H22N2O. The summed E-state index contributed by atoms with van der Waals surface area (Å²) in [6.07, 6.45) is 0. The van der Waals surface area contributed by atoms with E-state index in [1.807, 2.05) is 0 Å². The van der Waals surface area contributed by atoms with Crippen molar-refractivity contribution in [3.05, 3.63) is 34.4 Å². The smallest absolute Gasteiger partial charge is 0.116 e. The monoisotopic (exact) mass is 258 g/mol. The third kappa shape index (κ3) is 2.97. The van der Waals surface area contributed by atoms with Crippen LogP contribution in [0.4, 0.5) is 0 Å². The summed E-state index contributed by atoms with van der Waals surface area (Å²) in [5.74, 6) is 0. The molecule has 0 amide bonds. The van der Waals surface area contributed by atoms with E-state index in [2.05, 4.69) is 50.9 Å². The van der Waals surface area contributed by atoms with Gasteiger partial charge in [-0.15, -0.1) is 0 Å². The van der Waals surface area contributed by atoms with Crippen molar-refractivity contribution in [2.45, 2.75) is 27.3 Å².